The van der Waals surface area contributed by atoms with Gasteiger partial charge < -0.3 is 14.2 Å². The fourth-order valence-corrected chi connectivity index (χ4v) is 2.95. The van der Waals surface area contributed by atoms with Crippen molar-refractivity contribution in [3.63, 3.8) is 0 Å². The highest BCUT2D eigenvalue weighted by molar-refractivity contribution is 5.94. The SMILES string of the molecule is COC1=N[C@H](C(C)C)C(OC)=N[C@H]1[C@H](OCc1ccccc1)C(C)C. The molecule has 1 aromatic carbocycles. The summed E-state index contributed by atoms with van der Waals surface area (Å²) in [5, 5.41) is 0. The van der Waals surface area contributed by atoms with Gasteiger partial charge >= 0.3 is 0 Å². The molecule has 0 aliphatic carbocycles. The van der Waals surface area contributed by atoms with Crippen LogP contribution in [0.2, 0.25) is 0 Å². The van der Waals surface area contributed by atoms with Crippen molar-refractivity contribution in [1.29, 1.82) is 0 Å². The summed E-state index contributed by atoms with van der Waals surface area (Å²) in [4.78, 5) is 9.55. The van der Waals surface area contributed by atoms with Crippen LogP contribution in [0, 0.1) is 11.8 Å². The standard InChI is InChI=1S/C20H30N2O3/c1-13(2)16-19(23-5)22-17(20(21-16)24-6)18(14(3)4)25-12-15-10-8-7-9-11-15/h7-11,13-14,16-18H,12H2,1-6H3/t16-,17+,18-/m1/s1. The van der Waals surface area contributed by atoms with Crippen molar-refractivity contribution in [2.45, 2.75) is 52.5 Å². The lowest BCUT2D eigenvalue weighted by atomic mass is 9.96. The van der Waals surface area contributed by atoms with Crippen LogP contribution in [-0.4, -0.2) is 44.2 Å². The molecule has 0 saturated carbocycles. The second-order valence-electron chi connectivity index (χ2n) is 6.98. The average Bonchev–Trinajstić information content (AvgIpc) is 2.61. The quantitative estimate of drug-likeness (QED) is 0.789. The third kappa shape index (κ3) is 4.82. The van der Waals surface area contributed by atoms with Gasteiger partial charge in [0.05, 0.1) is 26.9 Å². The molecular formula is C20H30N2O3. The zero-order chi connectivity index (χ0) is 18.4. The van der Waals surface area contributed by atoms with E-state index in [-0.39, 0.29) is 30.0 Å². The van der Waals surface area contributed by atoms with Crippen molar-refractivity contribution in [2.24, 2.45) is 21.8 Å². The lowest BCUT2D eigenvalue weighted by molar-refractivity contribution is 0.00253. The van der Waals surface area contributed by atoms with Gasteiger partial charge in [0.1, 0.15) is 6.04 Å². The van der Waals surface area contributed by atoms with E-state index in [1.807, 2.05) is 18.2 Å². The number of hydrogen-bond acceptors (Lipinski definition) is 5. The lowest BCUT2D eigenvalue weighted by Gasteiger charge is -2.33. The lowest BCUT2D eigenvalue weighted by Crippen LogP contribution is -2.45. The molecule has 25 heavy (non-hydrogen) atoms. The molecule has 3 atom stereocenters. The molecule has 1 aliphatic heterocycles. The Bertz CT molecular complexity index is 596. The van der Waals surface area contributed by atoms with E-state index in [2.05, 4.69) is 39.8 Å². The number of rotatable bonds is 6. The Hall–Kier alpha value is -1.88. The second kappa shape index (κ2) is 8.99. The van der Waals surface area contributed by atoms with Crippen molar-refractivity contribution >= 4 is 11.8 Å². The number of ether oxygens (including phenoxy) is 3. The Morgan fingerprint density at radius 1 is 0.880 bits per heavy atom. The van der Waals surface area contributed by atoms with Crippen LogP contribution >= 0.6 is 0 Å². The highest BCUT2D eigenvalue weighted by Gasteiger charge is 2.37. The van der Waals surface area contributed by atoms with E-state index in [0.717, 1.165) is 5.56 Å². The maximum atomic E-state index is 6.23. The first-order chi connectivity index (χ1) is 12.0. The summed E-state index contributed by atoms with van der Waals surface area (Å²) in [6, 6.07) is 9.74. The Kier molecular flexibility index (Phi) is 7.00. The number of nitrogens with zero attached hydrogens (tertiary/aromatic N) is 2. The van der Waals surface area contributed by atoms with Gasteiger partial charge in [0.15, 0.2) is 6.04 Å². The third-order valence-electron chi connectivity index (χ3n) is 4.34. The van der Waals surface area contributed by atoms with E-state index in [9.17, 15) is 0 Å². The summed E-state index contributed by atoms with van der Waals surface area (Å²) in [5.41, 5.74) is 1.14. The molecule has 0 amide bonds. The van der Waals surface area contributed by atoms with Crippen LogP contribution < -0.4 is 0 Å². The molecule has 0 N–H and O–H groups in total. The summed E-state index contributed by atoms with van der Waals surface area (Å²) >= 11 is 0. The molecule has 2 rings (SSSR count). The molecule has 0 unspecified atom stereocenters. The number of hydrogen-bond donors (Lipinski definition) is 0. The van der Waals surface area contributed by atoms with Crippen LogP contribution in [0.4, 0.5) is 0 Å². The van der Waals surface area contributed by atoms with E-state index in [1.165, 1.54) is 0 Å². The number of aliphatic imine (C=N–C) groups is 2. The molecule has 5 nitrogen and oxygen atoms in total. The van der Waals surface area contributed by atoms with E-state index in [1.54, 1.807) is 14.2 Å². The van der Waals surface area contributed by atoms with Gasteiger partial charge in [0, 0.05) is 0 Å². The number of methoxy groups -OCH3 is 2. The maximum absolute atomic E-state index is 6.23. The average molecular weight is 346 g/mol. The molecule has 1 aliphatic rings. The number of benzene rings is 1. The van der Waals surface area contributed by atoms with Crippen LogP contribution in [0.15, 0.2) is 40.3 Å². The molecule has 5 heteroatoms. The second-order valence-corrected chi connectivity index (χ2v) is 6.98. The van der Waals surface area contributed by atoms with Crippen LogP contribution in [0.25, 0.3) is 0 Å². The van der Waals surface area contributed by atoms with Gasteiger partial charge in [-0.3, -0.25) is 0 Å². The Morgan fingerprint density at radius 2 is 1.44 bits per heavy atom. The molecule has 1 heterocycles. The molecule has 0 bridgehead atoms. The molecule has 0 spiro atoms. The highest BCUT2D eigenvalue weighted by atomic mass is 16.5. The molecule has 0 aromatic heterocycles. The van der Waals surface area contributed by atoms with Gasteiger partial charge in [-0.05, 0) is 17.4 Å². The van der Waals surface area contributed by atoms with Crippen LogP contribution in [0.3, 0.4) is 0 Å². The fraction of sp³-hybridized carbons (Fsp3) is 0.600. The van der Waals surface area contributed by atoms with Crippen LogP contribution in [-0.2, 0) is 20.8 Å². The Balaban J connectivity index is 2.23. The van der Waals surface area contributed by atoms with E-state index in [4.69, 9.17) is 24.2 Å². The minimum Gasteiger partial charge on any atom is -0.483 e. The van der Waals surface area contributed by atoms with Gasteiger partial charge in [-0.25, -0.2) is 9.98 Å². The molecule has 1 aromatic rings. The Morgan fingerprint density at radius 3 is 1.96 bits per heavy atom. The fourth-order valence-electron chi connectivity index (χ4n) is 2.95. The van der Waals surface area contributed by atoms with E-state index >= 15 is 0 Å². The molecule has 138 valence electrons. The summed E-state index contributed by atoms with van der Waals surface area (Å²) in [5.74, 6) is 1.81. The maximum Gasteiger partial charge on any atom is 0.212 e. The Labute approximate surface area is 151 Å². The van der Waals surface area contributed by atoms with Gasteiger partial charge in [-0.1, -0.05) is 58.0 Å². The van der Waals surface area contributed by atoms with Gasteiger partial charge in [-0.15, -0.1) is 0 Å². The highest BCUT2D eigenvalue weighted by Crippen LogP contribution is 2.24. The third-order valence-corrected chi connectivity index (χ3v) is 4.34. The monoisotopic (exact) mass is 346 g/mol. The van der Waals surface area contributed by atoms with Crippen molar-refractivity contribution in [3.8, 4) is 0 Å². The largest absolute Gasteiger partial charge is 0.483 e. The molecule has 0 radical (unpaired) electrons. The molecule has 0 saturated heterocycles. The van der Waals surface area contributed by atoms with Crippen molar-refractivity contribution in [1.82, 2.24) is 0 Å². The van der Waals surface area contributed by atoms with E-state index < -0.39 is 0 Å². The topological polar surface area (TPSA) is 52.4 Å². The minimum absolute atomic E-state index is 0.113. The first kappa shape index (κ1) is 19.4. The first-order valence-corrected chi connectivity index (χ1v) is 8.86. The first-order valence-electron chi connectivity index (χ1n) is 8.86. The zero-order valence-electron chi connectivity index (χ0n) is 16.1. The summed E-state index contributed by atoms with van der Waals surface area (Å²) < 4.78 is 17.3. The van der Waals surface area contributed by atoms with Gasteiger partial charge in [0.25, 0.3) is 0 Å². The minimum atomic E-state index is -0.293. The van der Waals surface area contributed by atoms with Gasteiger partial charge in [-0.2, -0.15) is 0 Å². The summed E-state index contributed by atoms with van der Waals surface area (Å²) in [6.45, 7) is 8.98. The van der Waals surface area contributed by atoms with Crippen molar-refractivity contribution < 1.29 is 14.2 Å². The summed E-state index contributed by atoms with van der Waals surface area (Å²) in [7, 11) is 3.29. The van der Waals surface area contributed by atoms with Crippen molar-refractivity contribution in [2.75, 3.05) is 14.2 Å². The predicted molar refractivity (Wildman–Crippen MR) is 101 cm³/mol. The van der Waals surface area contributed by atoms with Gasteiger partial charge in [0.2, 0.25) is 11.8 Å². The van der Waals surface area contributed by atoms with Crippen LogP contribution in [0.1, 0.15) is 33.3 Å². The predicted octanol–water partition coefficient (Wildman–Crippen LogP) is 3.72. The zero-order valence-corrected chi connectivity index (χ0v) is 16.1. The molecular weight excluding hydrogens is 316 g/mol. The van der Waals surface area contributed by atoms with Crippen molar-refractivity contribution in [3.05, 3.63) is 35.9 Å². The summed E-state index contributed by atoms with van der Waals surface area (Å²) in [6.07, 6.45) is -0.142. The van der Waals surface area contributed by atoms with E-state index in [0.29, 0.717) is 18.4 Å². The molecule has 0 fully saturated rings. The normalized spacial score (nSPS) is 21.8. The van der Waals surface area contributed by atoms with Crippen LogP contribution in [0.5, 0.6) is 0 Å². The smallest absolute Gasteiger partial charge is 0.212 e.